The van der Waals surface area contributed by atoms with E-state index in [4.69, 9.17) is 11.6 Å². The summed E-state index contributed by atoms with van der Waals surface area (Å²) in [6.07, 6.45) is 1.84. The van der Waals surface area contributed by atoms with Crippen molar-refractivity contribution in [2.45, 2.75) is 43.3 Å². The van der Waals surface area contributed by atoms with Crippen LogP contribution in [0.1, 0.15) is 36.3 Å². The maximum Gasteiger partial charge on any atom is 0.274 e. The first-order chi connectivity index (χ1) is 13.2. The van der Waals surface area contributed by atoms with Crippen LogP contribution in [-0.4, -0.2) is 52.0 Å². The average molecular weight is 440 g/mol. The van der Waals surface area contributed by atoms with E-state index >= 15 is 0 Å². The number of thioether (sulfide) groups is 1. The number of amides is 1. The highest BCUT2D eigenvalue weighted by atomic mass is 35.5. The van der Waals surface area contributed by atoms with Crippen LogP contribution >= 0.6 is 23.4 Å². The topological polar surface area (TPSA) is 80.2 Å². The van der Waals surface area contributed by atoms with Gasteiger partial charge in [-0.25, -0.2) is 18.4 Å². The van der Waals surface area contributed by atoms with Crippen molar-refractivity contribution < 1.29 is 13.2 Å². The molecule has 150 valence electrons. The van der Waals surface area contributed by atoms with E-state index in [1.54, 1.807) is 4.90 Å². The SMILES string of the molecule is CC(C)Sc1ncc(Cl)c(C(=O)N(Cc2ccccc2)[C@@H]2CCS(=O)(=O)C2)n1. The fourth-order valence-corrected chi connectivity index (χ4v) is 5.65. The molecule has 0 saturated carbocycles. The van der Waals surface area contributed by atoms with Crippen LogP contribution in [0.5, 0.6) is 0 Å². The predicted octanol–water partition coefficient (Wildman–Crippen LogP) is 3.46. The Bertz CT molecular complexity index is 952. The van der Waals surface area contributed by atoms with Crippen molar-refractivity contribution in [1.29, 1.82) is 0 Å². The van der Waals surface area contributed by atoms with Crippen molar-refractivity contribution in [2.75, 3.05) is 11.5 Å². The fraction of sp³-hybridized carbons (Fsp3) is 0.421. The van der Waals surface area contributed by atoms with Gasteiger partial charge in [0, 0.05) is 17.8 Å². The molecule has 1 aliphatic heterocycles. The normalized spacial score (nSPS) is 18.4. The highest BCUT2D eigenvalue weighted by molar-refractivity contribution is 7.99. The molecule has 0 radical (unpaired) electrons. The fourth-order valence-electron chi connectivity index (χ4n) is 3.07. The number of hydrogen-bond acceptors (Lipinski definition) is 6. The minimum absolute atomic E-state index is 0.0398. The first-order valence-corrected chi connectivity index (χ1v) is 12.1. The molecule has 28 heavy (non-hydrogen) atoms. The van der Waals surface area contributed by atoms with Gasteiger partial charge in [0.15, 0.2) is 20.7 Å². The van der Waals surface area contributed by atoms with E-state index in [2.05, 4.69) is 9.97 Å². The van der Waals surface area contributed by atoms with Crippen LogP contribution in [0.25, 0.3) is 0 Å². The van der Waals surface area contributed by atoms with E-state index < -0.39 is 15.9 Å². The van der Waals surface area contributed by atoms with Gasteiger partial charge in [-0.05, 0) is 12.0 Å². The summed E-state index contributed by atoms with van der Waals surface area (Å²) < 4.78 is 24.0. The summed E-state index contributed by atoms with van der Waals surface area (Å²) in [5.74, 6) is -0.326. The lowest BCUT2D eigenvalue weighted by atomic mass is 10.1. The van der Waals surface area contributed by atoms with Crippen LogP contribution in [0.3, 0.4) is 0 Å². The summed E-state index contributed by atoms with van der Waals surface area (Å²) in [6, 6.07) is 9.09. The second kappa shape index (κ2) is 8.80. The van der Waals surface area contributed by atoms with Gasteiger partial charge in [-0.15, -0.1) is 0 Å². The number of aromatic nitrogens is 2. The molecule has 2 heterocycles. The average Bonchev–Trinajstić information content (AvgIpc) is 3.01. The smallest absolute Gasteiger partial charge is 0.274 e. The molecular formula is C19H22ClN3O3S2. The van der Waals surface area contributed by atoms with Gasteiger partial charge in [-0.2, -0.15) is 0 Å². The van der Waals surface area contributed by atoms with Crippen LogP contribution in [0.2, 0.25) is 5.02 Å². The van der Waals surface area contributed by atoms with Gasteiger partial charge in [0.05, 0.1) is 22.7 Å². The molecule has 0 spiro atoms. The molecule has 1 amide bonds. The second-order valence-corrected chi connectivity index (χ2v) is 11.2. The van der Waals surface area contributed by atoms with Gasteiger partial charge in [0.1, 0.15) is 0 Å². The lowest BCUT2D eigenvalue weighted by Crippen LogP contribution is -2.41. The van der Waals surface area contributed by atoms with Gasteiger partial charge in [-0.3, -0.25) is 4.79 Å². The van der Waals surface area contributed by atoms with Gasteiger partial charge >= 0.3 is 0 Å². The largest absolute Gasteiger partial charge is 0.329 e. The molecule has 0 aliphatic carbocycles. The van der Waals surface area contributed by atoms with Crippen molar-refractivity contribution >= 4 is 39.1 Å². The first kappa shape index (κ1) is 21.1. The number of benzene rings is 1. The Morgan fingerprint density at radius 2 is 2.04 bits per heavy atom. The highest BCUT2D eigenvalue weighted by Gasteiger charge is 2.36. The Morgan fingerprint density at radius 3 is 2.64 bits per heavy atom. The molecule has 9 heteroatoms. The first-order valence-electron chi connectivity index (χ1n) is 8.99. The van der Waals surface area contributed by atoms with Gasteiger partial charge in [-0.1, -0.05) is 67.5 Å². The number of carbonyl (C=O) groups excluding carboxylic acids is 1. The molecule has 3 rings (SSSR count). The summed E-state index contributed by atoms with van der Waals surface area (Å²) in [4.78, 5) is 23.5. The maximum absolute atomic E-state index is 13.4. The molecule has 1 fully saturated rings. The standard InChI is InChI=1S/C19H22ClN3O3S2/c1-13(2)27-19-21-10-16(20)17(22-19)18(24)23(11-14-6-4-3-5-7-14)15-8-9-28(25,26)12-15/h3-7,10,13,15H,8-9,11-12H2,1-2H3/t15-/m1/s1. The minimum atomic E-state index is -3.15. The molecule has 2 aromatic rings. The number of nitrogens with zero attached hydrogens (tertiary/aromatic N) is 3. The molecule has 1 saturated heterocycles. The number of hydrogen-bond donors (Lipinski definition) is 0. The number of carbonyl (C=O) groups is 1. The molecule has 0 unspecified atom stereocenters. The Morgan fingerprint density at radius 1 is 1.32 bits per heavy atom. The lowest BCUT2D eigenvalue weighted by molar-refractivity contribution is 0.0674. The summed E-state index contributed by atoms with van der Waals surface area (Å²) >= 11 is 7.68. The minimum Gasteiger partial charge on any atom is -0.329 e. The maximum atomic E-state index is 13.4. The van der Waals surface area contributed by atoms with Crippen molar-refractivity contribution in [2.24, 2.45) is 0 Å². The van der Waals surface area contributed by atoms with E-state index in [9.17, 15) is 13.2 Å². The Balaban J connectivity index is 1.94. The molecular weight excluding hydrogens is 418 g/mol. The second-order valence-electron chi connectivity index (χ2n) is 6.99. The molecule has 0 bridgehead atoms. The molecule has 1 aromatic carbocycles. The monoisotopic (exact) mass is 439 g/mol. The Kier molecular flexibility index (Phi) is 6.62. The third kappa shape index (κ3) is 5.24. The van der Waals surface area contributed by atoms with Crippen molar-refractivity contribution in [3.63, 3.8) is 0 Å². The molecule has 1 atom stereocenters. The highest BCUT2D eigenvalue weighted by Crippen LogP contribution is 2.26. The van der Waals surface area contributed by atoms with Gasteiger partial charge < -0.3 is 4.90 Å². The summed E-state index contributed by atoms with van der Waals surface area (Å²) in [6.45, 7) is 4.32. The van der Waals surface area contributed by atoms with Crippen molar-refractivity contribution in [1.82, 2.24) is 14.9 Å². The summed E-state index contributed by atoms with van der Waals surface area (Å²) in [5, 5.41) is 0.892. The molecule has 6 nitrogen and oxygen atoms in total. The number of sulfone groups is 1. The summed E-state index contributed by atoms with van der Waals surface area (Å²) in [5.41, 5.74) is 1.03. The van der Waals surface area contributed by atoms with Gasteiger partial charge in [0.2, 0.25) is 0 Å². The molecule has 1 aromatic heterocycles. The van der Waals surface area contributed by atoms with E-state index in [0.717, 1.165) is 5.56 Å². The Hall–Kier alpha value is -1.64. The lowest BCUT2D eigenvalue weighted by Gasteiger charge is -2.28. The van der Waals surface area contributed by atoms with Crippen LogP contribution in [0.4, 0.5) is 0 Å². The third-order valence-electron chi connectivity index (χ3n) is 4.37. The number of halogens is 1. The van der Waals surface area contributed by atoms with Gasteiger partial charge in [0.25, 0.3) is 5.91 Å². The summed E-state index contributed by atoms with van der Waals surface area (Å²) in [7, 11) is -3.15. The Labute approximate surface area is 174 Å². The predicted molar refractivity (Wildman–Crippen MR) is 111 cm³/mol. The van der Waals surface area contributed by atoms with Crippen LogP contribution in [0.15, 0.2) is 41.7 Å². The van der Waals surface area contributed by atoms with Crippen molar-refractivity contribution in [3.05, 3.63) is 52.8 Å². The van der Waals surface area contributed by atoms with E-state index in [1.165, 1.54) is 18.0 Å². The van der Waals surface area contributed by atoms with Crippen LogP contribution < -0.4 is 0 Å². The third-order valence-corrected chi connectivity index (χ3v) is 7.28. The van der Waals surface area contributed by atoms with E-state index in [-0.39, 0.29) is 33.4 Å². The zero-order valence-corrected chi connectivity index (χ0v) is 18.1. The number of rotatable bonds is 6. The van der Waals surface area contributed by atoms with Crippen LogP contribution in [-0.2, 0) is 16.4 Å². The van der Waals surface area contributed by atoms with E-state index in [0.29, 0.717) is 18.1 Å². The van der Waals surface area contributed by atoms with E-state index in [1.807, 2.05) is 44.2 Å². The van der Waals surface area contributed by atoms with Crippen LogP contribution in [0, 0.1) is 0 Å². The quantitative estimate of drug-likeness (QED) is 0.506. The molecule has 0 N–H and O–H groups in total. The van der Waals surface area contributed by atoms with Crippen molar-refractivity contribution in [3.8, 4) is 0 Å². The molecule has 1 aliphatic rings. The zero-order valence-electron chi connectivity index (χ0n) is 15.7. The zero-order chi connectivity index (χ0) is 20.3.